The van der Waals surface area contributed by atoms with Gasteiger partial charge >= 0.3 is 12.1 Å². The van der Waals surface area contributed by atoms with Gasteiger partial charge in [0, 0.05) is 12.5 Å². The summed E-state index contributed by atoms with van der Waals surface area (Å²) in [6.07, 6.45) is -0.702. The highest BCUT2D eigenvalue weighted by Crippen LogP contribution is 2.07. The molecule has 24 heavy (non-hydrogen) atoms. The van der Waals surface area contributed by atoms with Crippen molar-refractivity contribution in [1.29, 1.82) is 0 Å². The molecule has 138 valence electrons. The van der Waals surface area contributed by atoms with E-state index in [4.69, 9.17) is 10.5 Å². The largest absolute Gasteiger partial charge is 0.469 e. The van der Waals surface area contributed by atoms with Gasteiger partial charge in [0.1, 0.15) is 11.6 Å². The van der Waals surface area contributed by atoms with Crippen molar-refractivity contribution < 1.29 is 28.7 Å². The van der Waals surface area contributed by atoms with Crippen molar-refractivity contribution in [1.82, 2.24) is 10.6 Å². The van der Waals surface area contributed by atoms with Gasteiger partial charge in [0.2, 0.25) is 11.8 Å². The van der Waals surface area contributed by atoms with Crippen LogP contribution in [-0.4, -0.2) is 48.7 Å². The Balaban J connectivity index is 4.68. The second kappa shape index (κ2) is 9.74. The molecule has 4 N–H and O–H groups in total. The van der Waals surface area contributed by atoms with Crippen LogP contribution in [0.15, 0.2) is 0 Å². The molecule has 0 unspecified atom stereocenters. The topological polar surface area (TPSA) is 137 Å². The number of carbonyl (C=O) groups is 4. The lowest BCUT2D eigenvalue weighted by Gasteiger charge is -2.24. The zero-order chi connectivity index (χ0) is 18.9. The monoisotopic (exact) mass is 345 g/mol. The van der Waals surface area contributed by atoms with Gasteiger partial charge in [-0.2, -0.15) is 0 Å². The second-order valence-electron chi connectivity index (χ2n) is 6.39. The average Bonchev–Trinajstić information content (AvgIpc) is 2.41. The highest BCUT2D eigenvalue weighted by molar-refractivity contribution is 5.90. The smallest absolute Gasteiger partial charge is 0.408 e. The number of hydrogen-bond acceptors (Lipinski definition) is 6. The van der Waals surface area contributed by atoms with E-state index in [-0.39, 0.29) is 18.9 Å². The van der Waals surface area contributed by atoms with Crippen LogP contribution in [-0.2, 0) is 23.9 Å². The standard InChI is InChI=1S/C15H27N3O6/c1-9(6-7-12(20)23-5)17-13(21)10(8-11(16)19)18-14(22)24-15(2,3)4/h9-10H,6-8H2,1-5H3,(H2,16,19)(H,17,21)(H,18,22)/t9-,10+/m0/s1. The first kappa shape index (κ1) is 21.7. The summed E-state index contributed by atoms with van der Waals surface area (Å²) >= 11 is 0. The third-order valence-corrected chi connectivity index (χ3v) is 2.81. The summed E-state index contributed by atoms with van der Waals surface area (Å²) < 4.78 is 9.57. The van der Waals surface area contributed by atoms with Gasteiger partial charge < -0.3 is 25.8 Å². The summed E-state index contributed by atoms with van der Waals surface area (Å²) in [5.74, 6) is -1.72. The molecule has 0 aromatic rings. The third kappa shape index (κ3) is 10.4. The zero-order valence-electron chi connectivity index (χ0n) is 14.8. The number of rotatable bonds is 8. The van der Waals surface area contributed by atoms with E-state index in [0.29, 0.717) is 6.42 Å². The van der Waals surface area contributed by atoms with Crippen LogP contribution in [0.25, 0.3) is 0 Å². The SMILES string of the molecule is COC(=O)CC[C@H](C)NC(=O)[C@@H](CC(N)=O)NC(=O)OC(C)(C)C. The average molecular weight is 345 g/mol. The van der Waals surface area contributed by atoms with Crippen molar-refractivity contribution in [2.75, 3.05) is 7.11 Å². The van der Waals surface area contributed by atoms with Gasteiger partial charge in [0.15, 0.2) is 0 Å². The molecule has 9 heteroatoms. The minimum absolute atomic E-state index is 0.137. The number of alkyl carbamates (subject to hydrolysis) is 1. The number of methoxy groups -OCH3 is 1. The molecule has 9 nitrogen and oxygen atoms in total. The Bertz CT molecular complexity index is 472. The Labute approximate surface area is 141 Å². The molecule has 3 amide bonds. The van der Waals surface area contributed by atoms with E-state index in [9.17, 15) is 19.2 Å². The fraction of sp³-hybridized carbons (Fsp3) is 0.733. The summed E-state index contributed by atoms with van der Waals surface area (Å²) in [4.78, 5) is 46.2. The van der Waals surface area contributed by atoms with Gasteiger partial charge in [-0.25, -0.2) is 4.79 Å². The second-order valence-corrected chi connectivity index (χ2v) is 6.39. The Morgan fingerprint density at radius 3 is 2.17 bits per heavy atom. The van der Waals surface area contributed by atoms with Gasteiger partial charge in [-0.3, -0.25) is 14.4 Å². The summed E-state index contributed by atoms with van der Waals surface area (Å²) in [7, 11) is 1.28. The van der Waals surface area contributed by atoms with Crippen LogP contribution in [0.5, 0.6) is 0 Å². The molecular weight excluding hydrogens is 318 g/mol. The van der Waals surface area contributed by atoms with Gasteiger partial charge in [0.05, 0.1) is 13.5 Å². The Morgan fingerprint density at radius 1 is 1.12 bits per heavy atom. The van der Waals surface area contributed by atoms with Crippen LogP contribution in [0.3, 0.4) is 0 Å². The van der Waals surface area contributed by atoms with E-state index in [1.54, 1.807) is 27.7 Å². The van der Waals surface area contributed by atoms with Crippen LogP contribution >= 0.6 is 0 Å². The normalized spacial score (nSPS) is 13.4. The maximum absolute atomic E-state index is 12.2. The van der Waals surface area contributed by atoms with Crippen molar-refractivity contribution in [2.45, 2.75) is 64.6 Å². The quantitative estimate of drug-likeness (QED) is 0.538. The van der Waals surface area contributed by atoms with E-state index in [2.05, 4.69) is 15.4 Å². The molecule has 0 aromatic carbocycles. The lowest BCUT2D eigenvalue weighted by molar-refractivity contribution is -0.141. The van der Waals surface area contributed by atoms with Gasteiger partial charge in [0.25, 0.3) is 0 Å². The van der Waals surface area contributed by atoms with Crippen molar-refractivity contribution in [3.63, 3.8) is 0 Å². The molecule has 0 saturated heterocycles. The van der Waals surface area contributed by atoms with E-state index >= 15 is 0 Å². The van der Waals surface area contributed by atoms with E-state index in [1.165, 1.54) is 7.11 Å². The lowest BCUT2D eigenvalue weighted by atomic mass is 10.1. The maximum atomic E-state index is 12.2. The minimum atomic E-state index is -1.15. The van der Waals surface area contributed by atoms with Crippen LogP contribution < -0.4 is 16.4 Å². The van der Waals surface area contributed by atoms with Crippen LogP contribution in [0.2, 0.25) is 0 Å². The van der Waals surface area contributed by atoms with Gasteiger partial charge in [-0.1, -0.05) is 0 Å². The fourth-order valence-electron chi connectivity index (χ4n) is 1.71. The third-order valence-electron chi connectivity index (χ3n) is 2.81. The molecule has 0 saturated carbocycles. The molecule has 0 bridgehead atoms. The number of ether oxygens (including phenoxy) is 2. The zero-order valence-corrected chi connectivity index (χ0v) is 14.8. The summed E-state index contributed by atoms with van der Waals surface area (Å²) in [5, 5.41) is 4.93. The first-order chi connectivity index (χ1) is 10.9. The Hall–Kier alpha value is -2.32. The number of nitrogens with two attached hydrogens (primary N) is 1. The molecule has 0 aliphatic rings. The first-order valence-corrected chi connectivity index (χ1v) is 7.59. The van der Waals surface area contributed by atoms with E-state index in [1.807, 2.05) is 0 Å². The lowest BCUT2D eigenvalue weighted by Crippen LogP contribution is -2.51. The summed E-state index contributed by atoms with van der Waals surface area (Å²) in [5.41, 5.74) is 4.36. The number of primary amides is 1. The van der Waals surface area contributed by atoms with Crippen molar-refractivity contribution in [3.05, 3.63) is 0 Å². The predicted octanol–water partition coefficient (Wildman–Crippen LogP) is 0.213. The Morgan fingerprint density at radius 2 is 1.71 bits per heavy atom. The van der Waals surface area contributed by atoms with Crippen molar-refractivity contribution in [2.24, 2.45) is 5.73 Å². The molecule has 0 aliphatic heterocycles. The minimum Gasteiger partial charge on any atom is -0.469 e. The molecule has 0 radical (unpaired) electrons. The highest BCUT2D eigenvalue weighted by Gasteiger charge is 2.26. The number of amides is 3. The van der Waals surface area contributed by atoms with Gasteiger partial charge in [-0.15, -0.1) is 0 Å². The molecule has 2 atom stereocenters. The Kier molecular flexibility index (Phi) is 8.80. The fourth-order valence-corrected chi connectivity index (χ4v) is 1.71. The molecule has 0 aliphatic carbocycles. The highest BCUT2D eigenvalue weighted by atomic mass is 16.6. The molecule has 0 heterocycles. The number of nitrogens with one attached hydrogen (secondary N) is 2. The van der Waals surface area contributed by atoms with Gasteiger partial charge in [-0.05, 0) is 34.1 Å². The number of hydrogen-bond donors (Lipinski definition) is 3. The molecule has 0 spiro atoms. The molecule has 0 rings (SSSR count). The molecule has 0 fully saturated rings. The van der Waals surface area contributed by atoms with E-state index < -0.39 is 35.5 Å². The first-order valence-electron chi connectivity index (χ1n) is 7.59. The van der Waals surface area contributed by atoms with E-state index in [0.717, 1.165) is 0 Å². The molecular formula is C15H27N3O6. The van der Waals surface area contributed by atoms with Crippen molar-refractivity contribution >= 4 is 23.9 Å². The maximum Gasteiger partial charge on any atom is 0.408 e. The summed E-state index contributed by atoms with van der Waals surface area (Å²) in [6.45, 7) is 6.70. The summed E-state index contributed by atoms with van der Waals surface area (Å²) in [6, 6.07) is -1.51. The predicted molar refractivity (Wildman–Crippen MR) is 85.8 cm³/mol. The van der Waals surface area contributed by atoms with Crippen molar-refractivity contribution in [3.8, 4) is 0 Å². The molecule has 0 aromatic heterocycles. The van der Waals surface area contributed by atoms with Crippen LogP contribution in [0, 0.1) is 0 Å². The number of esters is 1. The van der Waals surface area contributed by atoms with Crippen LogP contribution in [0.1, 0.15) is 47.0 Å². The van der Waals surface area contributed by atoms with Crippen LogP contribution in [0.4, 0.5) is 4.79 Å². The number of carbonyl (C=O) groups excluding carboxylic acids is 4.